The number of nitrogens with two attached hydrogens (primary N) is 1. The Kier molecular flexibility index (Phi) is 3.28. The number of carbonyl (C=O) groups excluding carboxylic acids is 2. The summed E-state index contributed by atoms with van der Waals surface area (Å²) in [5.74, 6) is -0.485. The lowest BCUT2D eigenvalue weighted by Gasteiger charge is -2.11. The van der Waals surface area contributed by atoms with Crippen LogP contribution in [0.5, 0.6) is 0 Å². The van der Waals surface area contributed by atoms with Crippen LogP contribution in [-0.4, -0.2) is 24.4 Å². The molecule has 1 aromatic carbocycles. The van der Waals surface area contributed by atoms with E-state index in [-0.39, 0.29) is 16.8 Å². The lowest BCUT2D eigenvalue weighted by Crippen LogP contribution is -2.37. The van der Waals surface area contributed by atoms with E-state index in [2.05, 4.69) is 10.6 Å². The Morgan fingerprint density at radius 1 is 1.39 bits per heavy atom. The van der Waals surface area contributed by atoms with Gasteiger partial charge in [0, 0.05) is 12.7 Å². The van der Waals surface area contributed by atoms with Gasteiger partial charge in [-0.2, -0.15) is 0 Å². The minimum absolute atomic E-state index is 0.216. The van der Waals surface area contributed by atoms with Gasteiger partial charge in [-0.3, -0.25) is 9.59 Å². The van der Waals surface area contributed by atoms with Crippen LogP contribution in [0.1, 0.15) is 23.2 Å². The van der Waals surface area contributed by atoms with E-state index < -0.39 is 5.54 Å². The van der Waals surface area contributed by atoms with Gasteiger partial charge in [-0.25, -0.2) is 0 Å². The molecular formula is C12H14ClN3O2. The molecule has 0 atom stereocenters. The third-order valence-electron chi connectivity index (χ3n) is 2.94. The van der Waals surface area contributed by atoms with Gasteiger partial charge in [0.15, 0.2) is 0 Å². The minimum Gasteiger partial charge on any atom is -0.355 e. The molecule has 2 rings (SSSR count). The minimum atomic E-state index is -0.730. The van der Waals surface area contributed by atoms with Gasteiger partial charge in [0.1, 0.15) is 0 Å². The fourth-order valence-electron chi connectivity index (χ4n) is 1.53. The fraction of sp³-hybridized carbons (Fsp3) is 0.333. The van der Waals surface area contributed by atoms with E-state index in [1.54, 1.807) is 12.1 Å². The predicted octanol–water partition coefficient (Wildman–Crippen LogP) is 1.13. The van der Waals surface area contributed by atoms with Crippen molar-refractivity contribution in [3.8, 4) is 0 Å². The van der Waals surface area contributed by atoms with Gasteiger partial charge in [-0.05, 0) is 31.0 Å². The van der Waals surface area contributed by atoms with Gasteiger partial charge < -0.3 is 16.4 Å². The van der Waals surface area contributed by atoms with Crippen molar-refractivity contribution in [2.75, 3.05) is 12.4 Å². The van der Waals surface area contributed by atoms with E-state index in [0.717, 1.165) is 0 Å². The fourth-order valence-corrected chi connectivity index (χ4v) is 1.80. The molecule has 1 fully saturated rings. The van der Waals surface area contributed by atoms with Crippen LogP contribution in [0.25, 0.3) is 0 Å². The van der Waals surface area contributed by atoms with Crippen LogP contribution in [0, 0.1) is 0 Å². The first-order valence-electron chi connectivity index (χ1n) is 5.58. The van der Waals surface area contributed by atoms with Crippen LogP contribution in [0.15, 0.2) is 18.2 Å². The summed E-state index contributed by atoms with van der Waals surface area (Å²) in [4.78, 5) is 23.2. The van der Waals surface area contributed by atoms with Crippen LogP contribution < -0.4 is 16.4 Å². The topological polar surface area (TPSA) is 84.2 Å². The second-order valence-electron chi connectivity index (χ2n) is 4.38. The number of anilines is 1. The molecule has 5 nitrogen and oxygen atoms in total. The van der Waals surface area contributed by atoms with E-state index in [1.165, 1.54) is 13.1 Å². The number of hydrogen-bond acceptors (Lipinski definition) is 3. The molecule has 0 saturated heterocycles. The van der Waals surface area contributed by atoms with Gasteiger partial charge in [0.2, 0.25) is 5.91 Å². The number of benzene rings is 1. The summed E-state index contributed by atoms with van der Waals surface area (Å²) in [5, 5.41) is 5.46. The van der Waals surface area contributed by atoms with Crippen molar-refractivity contribution in [1.29, 1.82) is 0 Å². The monoisotopic (exact) mass is 267 g/mol. The Morgan fingerprint density at radius 3 is 2.56 bits per heavy atom. The number of carbonyl (C=O) groups is 2. The Hall–Kier alpha value is -1.59. The summed E-state index contributed by atoms with van der Waals surface area (Å²) in [6.07, 6.45) is 1.39. The van der Waals surface area contributed by atoms with Crippen molar-refractivity contribution in [2.45, 2.75) is 18.4 Å². The van der Waals surface area contributed by atoms with Crippen LogP contribution in [-0.2, 0) is 4.79 Å². The molecule has 0 bridgehead atoms. The molecule has 6 heteroatoms. The number of halogens is 1. The Labute approximate surface area is 110 Å². The summed E-state index contributed by atoms with van der Waals surface area (Å²) in [6.45, 7) is 0. The first-order chi connectivity index (χ1) is 8.46. The van der Waals surface area contributed by atoms with Crippen molar-refractivity contribution < 1.29 is 9.59 Å². The molecule has 0 heterocycles. The van der Waals surface area contributed by atoms with E-state index in [1.807, 2.05) is 0 Å². The zero-order valence-electron chi connectivity index (χ0n) is 9.92. The van der Waals surface area contributed by atoms with Crippen molar-refractivity contribution in [3.63, 3.8) is 0 Å². The molecule has 1 aromatic rings. The van der Waals surface area contributed by atoms with Gasteiger partial charge in [-0.15, -0.1) is 0 Å². The third-order valence-corrected chi connectivity index (χ3v) is 3.25. The maximum atomic E-state index is 11.7. The largest absolute Gasteiger partial charge is 0.355 e. The summed E-state index contributed by atoms with van der Waals surface area (Å²) < 4.78 is 0. The normalized spacial score (nSPS) is 15.9. The highest BCUT2D eigenvalue weighted by Gasteiger charge is 2.45. The Morgan fingerprint density at radius 2 is 2.06 bits per heavy atom. The highest BCUT2D eigenvalue weighted by atomic mass is 35.5. The number of hydrogen-bond donors (Lipinski definition) is 3. The van der Waals surface area contributed by atoms with Crippen LogP contribution in [0.4, 0.5) is 5.69 Å². The number of rotatable bonds is 3. The molecule has 1 saturated carbocycles. The second-order valence-corrected chi connectivity index (χ2v) is 4.79. The first kappa shape index (κ1) is 12.9. The average Bonchev–Trinajstić information content (AvgIpc) is 3.08. The maximum Gasteiger partial charge on any atom is 0.252 e. The molecule has 96 valence electrons. The molecule has 0 aromatic heterocycles. The highest BCUT2D eigenvalue weighted by Crippen LogP contribution is 2.33. The molecular weight excluding hydrogens is 254 g/mol. The van der Waals surface area contributed by atoms with Crippen molar-refractivity contribution >= 4 is 29.1 Å². The van der Waals surface area contributed by atoms with Crippen LogP contribution in [0.3, 0.4) is 0 Å². The van der Waals surface area contributed by atoms with Crippen LogP contribution >= 0.6 is 11.6 Å². The summed E-state index contributed by atoms with van der Waals surface area (Å²) in [5.41, 5.74) is 5.94. The SMILES string of the molecule is CNC(=O)c1ccc(NC(=O)C2(N)CC2)cc1Cl. The molecule has 0 radical (unpaired) electrons. The van der Waals surface area contributed by atoms with Crippen molar-refractivity contribution in [2.24, 2.45) is 5.73 Å². The second kappa shape index (κ2) is 4.59. The van der Waals surface area contributed by atoms with Crippen molar-refractivity contribution in [3.05, 3.63) is 28.8 Å². The molecule has 18 heavy (non-hydrogen) atoms. The Balaban J connectivity index is 2.14. The molecule has 4 N–H and O–H groups in total. The predicted molar refractivity (Wildman–Crippen MR) is 69.6 cm³/mol. The zero-order chi connectivity index (χ0) is 13.3. The van der Waals surface area contributed by atoms with Crippen LogP contribution in [0.2, 0.25) is 5.02 Å². The van der Waals surface area contributed by atoms with E-state index >= 15 is 0 Å². The zero-order valence-corrected chi connectivity index (χ0v) is 10.7. The molecule has 1 aliphatic carbocycles. The smallest absolute Gasteiger partial charge is 0.252 e. The molecule has 0 spiro atoms. The van der Waals surface area contributed by atoms with Gasteiger partial charge in [0.25, 0.3) is 5.91 Å². The van der Waals surface area contributed by atoms with Gasteiger partial charge in [-0.1, -0.05) is 11.6 Å². The maximum absolute atomic E-state index is 11.7. The quantitative estimate of drug-likeness (QED) is 0.768. The lowest BCUT2D eigenvalue weighted by molar-refractivity contribution is -0.118. The number of nitrogens with one attached hydrogen (secondary N) is 2. The summed E-state index contributed by atoms with van der Waals surface area (Å²) in [6, 6.07) is 4.72. The summed E-state index contributed by atoms with van der Waals surface area (Å²) in [7, 11) is 1.53. The lowest BCUT2D eigenvalue weighted by atomic mass is 10.2. The number of amides is 2. The highest BCUT2D eigenvalue weighted by molar-refractivity contribution is 6.34. The van der Waals surface area contributed by atoms with E-state index in [9.17, 15) is 9.59 Å². The molecule has 1 aliphatic rings. The standard InChI is InChI=1S/C12H14ClN3O2/c1-15-10(17)8-3-2-7(6-9(8)13)16-11(18)12(14)4-5-12/h2-3,6H,4-5,14H2,1H3,(H,15,17)(H,16,18). The molecule has 0 unspecified atom stereocenters. The molecule has 0 aliphatic heterocycles. The van der Waals surface area contributed by atoms with E-state index in [4.69, 9.17) is 17.3 Å². The van der Waals surface area contributed by atoms with E-state index in [0.29, 0.717) is 24.1 Å². The third kappa shape index (κ3) is 2.47. The van der Waals surface area contributed by atoms with Gasteiger partial charge in [0.05, 0.1) is 16.1 Å². The van der Waals surface area contributed by atoms with Gasteiger partial charge >= 0.3 is 0 Å². The van der Waals surface area contributed by atoms with Crippen molar-refractivity contribution in [1.82, 2.24) is 5.32 Å². The first-order valence-corrected chi connectivity index (χ1v) is 5.96. The summed E-state index contributed by atoms with van der Waals surface area (Å²) >= 11 is 5.97. The molecule has 2 amide bonds. The Bertz CT molecular complexity index is 512. The average molecular weight is 268 g/mol.